The van der Waals surface area contributed by atoms with Crippen molar-refractivity contribution in [3.05, 3.63) is 82.7 Å². The van der Waals surface area contributed by atoms with E-state index in [0.717, 1.165) is 16.5 Å². The second kappa shape index (κ2) is 9.76. The summed E-state index contributed by atoms with van der Waals surface area (Å²) in [6, 6.07) is 17.5. The van der Waals surface area contributed by atoms with Gasteiger partial charge in [-0.2, -0.15) is 0 Å². The Bertz CT molecular complexity index is 1360. The molecule has 178 valence electrons. The van der Waals surface area contributed by atoms with Crippen molar-refractivity contribution in [2.45, 2.75) is 25.8 Å². The zero-order valence-electron chi connectivity index (χ0n) is 19.3. The molecule has 3 heterocycles. The summed E-state index contributed by atoms with van der Waals surface area (Å²) in [6.45, 7) is 2.74. The number of anilines is 1. The number of ether oxygens (including phenoxy) is 1. The fraction of sp³-hybridized carbons (Fsp3) is 0.222. The molecule has 2 aromatic carbocycles. The summed E-state index contributed by atoms with van der Waals surface area (Å²) in [6.07, 6.45) is 2.45. The summed E-state index contributed by atoms with van der Waals surface area (Å²) in [4.78, 5) is 46.5. The molecule has 0 spiro atoms. The molecule has 8 heteroatoms. The van der Waals surface area contributed by atoms with Crippen LogP contribution in [0.5, 0.6) is 5.75 Å². The minimum absolute atomic E-state index is 0.0446. The first-order valence-corrected chi connectivity index (χ1v) is 12.4. The number of carbonyl (C=O) groups excluding carboxylic acids is 3. The van der Waals surface area contributed by atoms with Gasteiger partial charge >= 0.3 is 0 Å². The molecule has 1 aliphatic rings. The molecular weight excluding hydrogens is 462 g/mol. The van der Waals surface area contributed by atoms with Crippen LogP contribution in [0.25, 0.3) is 10.9 Å². The van der Waals surface area contributed by atoms with Crippen molar-refractivity contribution in [3.8, 4) is 5.75 Å². The Labute approximate surface area is 206 Å². The van der Waals surface area contributed by atoms with Crippen molar-refractivity contribution < 1.29 is 19.1 Å². The number of hydrogen-bond acceptors (Lipinski definition) is 5. The lowest BCUT2D eigenvalue weighted by molar-refractivity contribution is -0.122. The highest BCUT2D eigenvalue weighted by atomic mass is 32.1. The van der Waals surface area contributed by atoms with Crippen molar-refractivity contribution in [2.24, 2.45) is 0 Å². The smallest absolute Gasteiger partial charge is 0.264 e. The van der Waals surface area contributed by atoms with E-state index < -0.39 is 6.04 Å². The van der Waals surface area contributed by atoms with Crippen LogP contribution in [-0.4, -0.2) is 46.8 Å². The molecule has 5 rings (SSSR count). The molecule has 35 heavy (non-hydrogen) atoms. The first-order valence-electron chi connectivity index (χ1n) is 11.6. The van der Waals surface area contributed by atoms with E-state index in [2.05, 4.69) is 4.98 Å². The Morgan fingerprint density at radius 1 is 1.11 bits per heavy atom. The standard InChI is InChI=1S/C27H25N3O4S/c1-2-34-20-11-9-19(10-12-20)30-25(31)16-23(26(30)32)29(27(33)24-8-5-15-35-24)14-13-18-17-28-22-7-4-3-6-21(18)22/h3-12,15,17,23,28H,2,13-14,16H2,1H3. The second-order valence-electron chi connectivity index (χ2n) is 8.30. The maximum Gasteiger partial charge on any atom is 0.264 e. The normalized spacial score (nSPS) is 15.7. The molecule has 4 aromatic rings. The van der Waals surface area contributed by atoms with Crippen LogP contribution < -0.4 is 9.64 Å². The van der Waals surface area contributed by atoms with Crippen LogP contribution in [0.15, 0.2) is 72.2 Å². The summed E-state index contributed by atoms with van der Waals surface area (Å²) < 4.78 is 5.46. The van der Waals surface area contributed by atoms with Crippen molar-refractivity contribution in [1.82, 2.24) is 9.88 Å². The molecule has 1 unspecified atom stereocenters. The van der Waals surface area contributed by atoms with Gasteiger partial charge in [-0.15, -0.1) is 11.3 Å². The van der Waals surface area contributed by atoms with Crippen LogP contribution >= 0.6 is 11.3 Å². The van der Waals surface area contributed by atoms with Crippen LogP contribution in [-0.2, 0) is 16.0 Å². The van der Waals surface area contributed by atoms with E-state index in [0.29, 0.717) is 35.9 Å². The highest BCUT2D eigenvalue weighted by Gasteiger charge is 2.44. The molecule has 1 atom stereocenters. The van der Waals surface area contributed by atoms with Gasteiger partial charge in [-0.3, -0.25) is 14.4 Å². The first kappa shape index (κ1) is 22.9. The minimum Gasteiger partial charge on any atom is -0.494 e. The van der Waals surface area contributed by atoms with Gasteiger partial charge in [0.05, 0.1) is 23.6 Å². The highest BCUT2D eigenvalue weighted by molar-refractivity contribution is 7.12. The fourth-order valence-electron chi connectivity index (χ4n) is 4.51. The number of H-pyrrole nitrogens is 1. The molecule has 1 fully saturated rings. The van der Waals surface area contributed by atoms with E-state index in [1.165, 1.54) is 16.2 Å². The van der Waals surface area contributed by atoms with Gasteiger partial charge < -0.3 is 14.6 Å². The molecule has 1 saturated heterocycles. The zero-order chi connectivity index (χ0) is 24.4. The summed E-state index contributed by atoms with van der Waals surface area (Å²) in [5.41, 5.74) is 2.56. The van der Waals surface area contributed by atoms with Crippen LogP contribution in [0, 0.1) is 0 Å². The number of fused-ring (bicyclic) bond motifs is 1. The Morgan fingerprint density at radius 3 is 2.66 bits per heavy atom. The molecule has 0 saturated carbocycles. The van der Waals surface area contributed by atoms with Crippen LogP contribution in [0.1, 0.15) is 28.6 Å². The van der Waals surface area contributed by atoms with Gasteiger partial charge in [-0.1, -0.05) is 24.3 Å². The SMILES string of the molecule is CCOc1ccc(N2C(=O)CC(N(CCc3c[nH]c4ccccc34)C(=O)c3cccs3)C2=O)cc1. The topological polar surface area (TPSA) is 82.7 Å². The van der Waals surface area contributed by atoms with Gasteiger partial charge in [0.2, 0.25) is 5.91 Å². The monoisotopic (exact) mass is 487 g/mol. The van der Waals surface area contributed by atoms with Gasteiger partial charge in [-0.05, 0) is 60.7 Å². The lowest BCUT2D eigenvalue weighted by Crippen LogP contribution is -2.46. The highest BCUT2D eigenvalue weighted by Crippen LogP contribution is 2.29. The van der Waals surface area contributed by atoms with Gasteiger partial charge in [0.15, 0.2) is 0 Å². The molecule has 2 aromatic heterocycles. The molecule has 0 radical (unpaired) electrons. The third-order valence-electron chi connectivity index (χ3n) is 6.19. The lowest BCUT2D eigenvalue weighted by atomic mass is 10.1. The molecule has 7 nitrogen and oxygen atoms in total. The van der Waals surface area contributed by atoms with Crippen molar-refractivity contribution in [3.63, 3.8) is 0 Å². The van der Waals surface area contributed by atoms with Crippen molar-refractivity contribution in [2.75, 3.05) is 18.1 Å². The van der Waals surface area contributed by atoms with Crippen LogP contribution in [0.4, 0.5) is 5.69 Å². The number of nitrogens with zero attached hydrogens (tertiary/aromatic N) is 2. The van der Waals surface area contributed by atoms with E-state index >= 15 is 0 Å². The summed E-state index contributed by atoms with van der Waals surface area (Å²) in [5, 5.41) is 2.92. The largest absolute Gasteiger partial charge is 0.494 e. The average Bonchev–Trinajstić information content (AvgIpc) is 3.60. The van der Waals surface area contributed by atoms with E-state index in [9.17, 15) is 14.4 Å². The maximum absolute atomic E-state index is 13.5. The third-order valence-corrected chi connectivity index (χ3v) is 7.05. The van der Waals surface area contributed by atoms with Crippen molar-refractivity contribution in [1.29, 1.82) is 0 Å². The molecule has 1 aliphatic heterocycles. The summed E-state index contributed by atoms with van der Waals surface area (Å²) >= 11 is 1.33. The number of nitrogens with one attached hydrogen (secondary N) is 1. The Balaban J connectivity index is 1.41. The van der Waals surface area contributed by atoms with E-state index in [-0.39, 0.29) is 24.1 Å². The molecule has 3 amide bonds. The quantitative estimate of drug-likeness (QED) is 0.367. The number of amides is 3. The third kappa shape index (κ3) is 4.44. The predicted molar refractivity (Wildman–Crippen MR) is 136 cm³/mol. The lowest BCUT2D eigenvalue weighted by Gasteiger charge is -2.27. The Morgan fingerprint density at radius 2 is 1.91 bits per heavy atom. The zero-order valence-corrected chi connectivity index (χ0v) is 20.1. The summed E-state index contributed by atoms with van der Waals surface area (Å²) in [7, 11) is 0. The number of benzene rings is 2. The maximum atomic E-state index is 13.5. The van der Waals surface area contributed by atoms with Gasteiger partial charge in [0, 0.05) is 23.6 Å². The van der Waals surface area contributed by atoms with Gasteiger partial charge in [-0.25, -0.2) is 4.90 Å². The first-order chi connectivity index (χ1) is 17.1. The summed E-state index contributed by atoms with van der Waals surface area (Å²) in [5.74, 6) is -0.275. The van der Waals surface area contributed by atoms with E-state index in [1.54, 1.807) is 35.2 Å². The number of carbonyl (C=O) groups is 3. The number of imide groups is 1. The molecule has 1 N–H and O–H groups in total. The molecule has 0 aliphatic carbocycles. The Kier molecular flexibility index (Phi) is 6.37. The fourth-order valence-corrected chi connectivity index (χ4v) is 5.19. The van der Waals surface area contributed by atoms with Gasteiger partial charge in [0.25, 0.3) is 11.8 Å². The Hall–Kier alpha value is -3.91. The van der Waals surface area contributed by atoms with E-state index in [4.69, 9.17) is 4.74 Å². The number of thiophene rings is 1. The van der Waals surface area contributed by atoms with Gasteiger partial charge in [0.1, 0.15) is 11.8 Å². The number of rotatable bonds is 8. The van der Waals surface area contributed by atoms with E-state index in [1.807, 2.05) is 48.8 Å². The molecule has 0 bridgehead atoms. The predicted octanol–water partition coefficient (Wildman–Crippen LogP) is 4.65. The average molecular weight is 488 g/mol. The minimum atomic E-state index is -0.853. The number of hydrogen-bond donors (Lipinski definition) is 1. The number of aromatic nitrogens is 1. The second-order valence-corrected chi connectivity index (χ2v) is 9.25. The number of aromatic amines is 1. The molecular formula is C27H25N3O4S. The van der Waals surface area contributed by atoms with Crippen molar-refractivity contribution >= 4 is 45.6 Å². The van der Waals surface area contributed by atoms with Crippen LogP contribution in [0.2, 0.25) is 0 Å². The number of para-hydroxylation sites is 1. The van der Waals surface area contributed by atoms with Crippen LogP contribution in [0.3, 0.4) is 0 Å².